The number of benzene rings is 1. The van der Waals surface area contributed by atoms with E-state index in [1.807, 2.05) is 13.0 Å². The first kappa shape index (κ1) is 25.2. The summed E-state index contributed by atoms with van der Waals surface area (Å²) in [4.78, 5) is 4.34. The molecule has 9 heteroatoms. The lowest BCUT2D eigenvalue weighted by molar-refractivity contribution is 0.0236. The molecule has 2 heterocycles. The minimum Gasteiger partial charge on any atom is -0.474 e. The van der Waals surface area contributed by atoms with E-state index in [-0.39, 0.29) is 30.9 Å². The van der Waals surface area contributed by atoms with Crippen LogP contribution in [0.25, 0.3) is 0 Å². The largest absolute Gasteiger partial charge is 0.474 e. The number of aliphatic hydroxyl groups is 1. The molecule has 1 fully saturated rings. The van der Waals surface area contributed by atoms with Gasteiger partial charge in [0.15, 0.2) is 0 Å². The molecule has 5 nitrogen and oxygen atoms in total. The Kier molecular flexibility index (Phi) is 10.3. The fraction of sp³-hybridized carbons (Fsp3) is 0.421. The van der Waals surface area contributed by atoms with E-state index in [4.69, 9.17) is 38.4 Å². The SMILES string of the molecule is Cc1cc(OC2CCOCC2)ncc1[C@H](O)[C@H](N)c1ccc(Cl)c(Cl)c1.Cl.Cl. The highest BCUT2D eigenvalue weighted by molar-refractivity contribution is 6.42. The quantitative estimate of drug-likeness (QED) is 0.655. The number of pyridine rings is 1. The van der Waals surface area contributed by atoms with Gasteiger partial charge in [-0.05, 0) is 30.2 Å². The first-order chi connectivity index (χ1) is 12.5. The maximum absolute atomic E-state index is 10.7. The van der Waals surface area contributed by atoms with E-state index in [1.54, 1.807) is 24.4 Å². The van der Waals surface area contributed by atoms with Crippen molar-refractivity contribution in [3.05, 3.63) is 57.2 Å². The lowest BCUT2D eigenvalue weighted by Gasteiger charge is -2.24. The number of ether oxygens (including phenoxy) is 2. The van der Waals surface area contributed by atoms with Crippen molar-refractivity contribution in [2.24, 2.45) is 5.73 Å². The molecule has 0 aliphatic carbocycles. The van der Waals surface area contributed by atoms with Gasteiger partial charge in [-0.2, -0.15) is 0 Å². The zero-order chi connectivity index (χ0) is 18.7. The van der Waals surface area contributed by atoms with E-state index in [0.717, 1.165) is 18.4 Å². The van der Waals surface area contributed by atoms with Crippen molar-refractivity contribution in [2.75, 3.05) is 13.2 Å². The molecule has 0 unspecified atom stereocenters. The van der Waals surface area contributed by atoms with Gasteiger partial charge < -0.3 is 20.3 Å². The van der Waals surface area contributed by atoms with Crippen molar-refractivity contribution in [1.29, 1.82) is 0 Å². The molecular formula is C19H24Cl4N2O3. The molecule has 2 aromatic rings. The summed E-state index contributed by atoms with van der Waals surface area (Å²) in [6.07, 6.45) is 2.52. The zero-order valence-electron chi connectivity index (χ0n) is 15.3. The molecule has 1 aliphatic rings. The highest BCUT2D eigenvalue weighted by Gasteiger charge is 2.23. The Morgan fingerprint density at radius 3 is 2.46 bits per heavy atom. The van der Waals surface area contributed by atoms with Crippen molar-refractivity contribution >= 4 is 48.0 Å². The normalized spacial score (nSPS) is 16.5. The summed E-state index contributed by atoms with van der Waals surface area (Å²) in [6.45, 7) is 3.32. The van der Waals surface area contributed by atoms with Crippen molar-refractivity contribution in [2.45, 2.75) is 38.0 Å². The average molecular weight is 470 g/mol. The standard InChI is InChI=1S/C19H22Cl2N2O3.2ClH/c1-11-8-17(26-13-4-6-25-7-5-13)23-10-14(11)19(24)18(22)12-2-3-15(20)16(21)9-12;;/h2-3,8-10,13,18-19,24H,4-7,22H2,1H3;2*1H/t18-,19+;;/m1../s1. The topological polar surface area (TPSA) is 77.6 Å². The van der Waals surface area contributed by atoms with Gasteiger partial charge in [-0.15, -0.1) is 24.8 Å². The van der Waals surface area contributed by atoms with E-state index in [9.17, 15) is 5.11 Å². The Hall–Kier alpha value is -0.790. The zero-order valence-corrected chi connectivity index (χ0v) is 18.5. The summed E-state index contributed by atoms with van der Waals surface area (Å²) in [5, 5.41) is 11.6. The molecule has 1 aromatic carbocycles. The summed E-state index contributed by atoms with van der Waals surface area (Å²) in [5.41, 5.74) is 8.45. The minimum absolute atomic E-state index is 0. The van der Waals surface area contributed by atoms with E-state index in [1.165, 1.54) is 0 Å². The first-order valence-electron chi connectivity index (χ1n) is 8.55. The van der Waals surface area contributed by atoms with E-state index in [2.05, 4.69) is 4.98 Å². The molecule has 0 saturated carbocycles. The summed E-state index contributed by atoms with van der Waals surface area (Å²) in [5.74, 6) is 0.549. The number of aromatic nitrogens is 1. The molecule has 156 valence electrons. The van der Waals surface area contributed by atoms with Crippen molar-refractivity contribution in [1.82, 2.24) is 4.98 Å². The lowest BCUT2D eigenvalue weighted by atomic mass is 9.95. The Morgan fingerprint density at radius 2 is 1.86 bits per heavy atom. The molecule has 0 spiro atoms. The number of nitrogens with zero attached hydrogens (tertiary/aromatic N) is 1. The minimum atomic E-state index is -0.920. The summed E-state index contributed by atoms with van der Waals surface area (Å²) < 4.78 is 11.2. The van der Waals surface area contributed by atoms with Gasteiger partial charge in [-0.3, -0.25) is 0 Å². The maximum Gasteiger partial charge on any atom is 0.213 e. The van der Waals surface area contributed by atoms with Gasteiger partial charge >= 0.3 is 0 Å². The Balaban J connectivity index is 0.00000196. The molecule has 28 heavy (non-hydrogen) atoms. The molecule has 3 rings (SSSR count). The van der Waals surface area contributed by atoms with E-state index < -0.39 is 12.1 Å². The smallest absolute Gasteiger partial charge is 0.213 e. The molecule has 0 amide bonds. The number of rotatable bonds is 5. The third kappa shape index (κ3) is 6.10. The molecule has 0 radical (unpaired) electrons. The molecule has 1 aromatic heterocycles. The van der Waals surface area contributed by atoms with Crippen molar-refractivity contribution in [3.8, 4) is 5.88 Å². The number of aryl methyl sites for hydroxylation is 1. The third-order valence-corrected chi connectivity index (χ3v) is 5.31. The molecule has 1 saturated heterocycles. The number of nitrogens with two attached hydrogens (primary N) is 1. The molecular weight excluding hydrogens is 446 g/mol. The third-order valence-electron chi connectivity index (χ3n) is 4.57. The predicted molar refractivity (Wildman–Crippen MR) is 116 cm³/mol. The van der Waals surface area contributed by atoms with Crippen LogP contribution in [0.5, 0.6) is 5.88 Å². The van der Waals surface area contributed by atoms with Crippen LogP contribution >= 0.6 is 48.0 Å². The van der Waals surface area contributed by atoms with E-state index in [0.29, 0.717) is 40.3 Å². The van der Waals surface area contributed by atoms with Crippen LogP contribution in [0.1, 0.15) is 41.7 Å². The fourth-order valence-electron chi connectivity index (χ4n) is 2.97. The average Bonchev–Trinajstić information content (AvgIpc) is 2.64. The second kappa shape index (κ2) is 11.4. The van der Waals surface area contributed by atoms with Crippen molar-refractivity contribution in [3.63, 3.8) is 0 Å². The monoisotopic (exact) mass is 468 g/mol. The first-order valence-corrected chi connectivity index (χ1v) is 9.31. The molecule has 0 bridgehead atoms. The fourth-order valence-corrected chi connectivity index (χ4v) is 3.28. The summed E-state index contributed by atoms with van der Waals surface area (Å²) in [6, 6.07) is 6.28. The Bertz CT molecular complexity index is 773. The van der Waals surface area contributed by atoms with Gasteiger partial charge in [0.05, 0.1) is 35.4 Å². The van der Waals surface area contributed by atoms with Crippen LogP contribution in [0.3, 0.4) is 0 Å². The van der Waals surface area contributed by atoms with Crippen molar-refractivity contribution < 1.29 is 14.6 Å². The summed E-state index contributed by atoms with van der Waals surface area (Å²) >= 11 is 12.0. The Morgan fingerprint density at radius 1 is 1.18 bits per heavy atom. The molecule has 2 atom stereocenters. The second-order valence-electron chi connectivity index (χ2n) is 6.45. The van der Waals surface area contributed by atoms with Gasteiger partial charge in [-0.1, -0.05) is 29.3 Å². The second-order valence-corrected chi connectivity index (χ2v) is 7.27. The van der Waals surface area contributed by atoms with Crippen LogP contribution in [0.4, 0.5) is 0 Å². The lowest BCUT2D eigenvalue weighted by Crippen LogP contribution is -2.26. The van der Waals surface area contributed by atoms with E-state index >= 15 is 0 Å². The molecule has 3 N–H and O–H groups in total. The van der Waals surface area contributed by atoms with Gasteiger partial charge in [0.1, 0.15) is 6.10 Å². The van der Waals surface area contributed by atoms with Crippen LogP contribution in [-0.4, -0.2) is 29.4 Å². The van der Waals surface area contributed by atoms with Gasteiger partial charge in [0.25, 0.3) is 0 Å². The van der Waals surface area contributed by atoms with Gasteiger partial charge in [0.2, 0.25) is 5.88 Å². The number of hydrogen-bond acceptors (Lipinski definition) is 5. The Labute approximate surface area is 187 Å². The van der Waals surface area contributed by atoms with Crippen LogP contribution < -0.4 is 10.5 Å². The van der Waals surface area contributed by atoms with Crippen LogP contribution in [-0.2, 0) is 4.74 Å². The van der Waals surface area contributed by atoms with Crippen LogP contribution in [0.15, 0.2) is 30.5 Å². The molecule has 1 aliphatic heterocycles. The highest BCUT2D eigenvalue weighted by Crippen LogP contribution is 2.32. The van der Waals surface area contributed by atoms with Gasteiger partial charge in [-0.25, -0.2) is 4.98 Å². The maximum atomic E-state index is 10.7. The number of halogens is 4. The van der Waals surface area contributed by atoms with Crippen LogP contribution in [0, 0.1) is 6.92 Å². The number of hydrogen-bond donors (Lipinski definition) is 2. The predicted octanol–water partition coefficient (Wildman–Crippen LogP) is 4.83. The number of aliphatic hydroxyl groups excluding tert-OH is 1. The van der Waals surface area contributed by atoms with Gasteiger partial charge in [0, 0.05) is 30.7 Å². The van der Waals surface area contributed by atoms with Crippen LogP contribution in [0.2, 0.25) is 10.0 Å². The summed E-state index contributed by atoms with van der Waals surface area (Å²) in [7, 11) is 0. The highest BCUT2D eigenvalue weighted by atomic mass is 35.5.